The summed E-state index contributed by atoms with van der Waals surface area (Å²) in [5.41, 5.74) is 1.87. The molecule has 0 radical (unpaired) electrons. The number of halogens is 2. The Labute approximate surface area is 115 Å². The zero-order valence-electron chi connectivity index (χ0n) is 9.65. The zero-order chi connectivity index (χ0) is 13.0. The molecule has 0 saturated carbocycles. The van der Waals surface area contributed by atoms with Gasteiger partial charge in [0.25, 0.3) is 0 Å². The number of nitrogens with zero attached hydrogens (tertiary/aromatic N) is 2. The number of methoxy groups -OCH3 is 1. The fourth-order valence-electron chi connectivity index (χ4n) is 1.41. The van der Waals surface area contributed by atoms with Crippen molar-refractivity contribution in [2.75, 3.05) is 12.4 Å². The number of rotatable bonds is 4. The first-order chi connectivity index (χ1) is 8.72. The Kier molecular flexibility index (Phi) is 4.23. The summed E-state index contributed by atoms with van der Waals surface area (Å²) >= 11 is 11.8. The van der Waals surface area contributed by atoms with Crippen LogP contribution >= 0.6 is 23.2 Å². The maximum Gasteiger partial charge on any atom is 0.318 e. The summed E-state index contributed by atoms with van der Waals surface area (Å²) < 4.78 is 4.95. The van der Waals surface area contributed by atoms with Gasteiger partial charge in [0.1, 0.15) is 5.02 Å². The van der Waals surface area contributed by atoms with Crippen LogP contribution < -0.4 is 10.1 Å². The molecule has 0 aliphatic heterocycles. The smallest absolute Gasteiger partial charge is 0.318 e. The highest BCUT2D eigenvalue weighted by molar-refractivity contribution is 6.32. The van der Waals surface area contributed by atoms with E-state index >= 15 is 0 Å². The lowest BCUT2D eigenvalue weighted by Gasteiger charge is -2.09. The van der Waals surface area contributed by atoms with E-state index in [-0.39, 0.29) is 6.01 Å². The van der Waals surface area contributed by atoms with Crippen molar-refractivity contribution in [3.63, 3.8) is 0 Å². The SMILES string of the molecule is COc1ncc(Cl)c(Nc2cccc(CCl)c2)n1. The first kappa shape index (κ1) is 12.9. The van der Waals surface area contributed by atoms with Gasteiger partial charge in [0.05, 0.1) is 13.3 Å². The number of alkyl halides is 1. The zero-order valence-corrected chi connectivity index (χ0v) is 11.2. The van der Waals surface area contributed by atoms with Crippen LogP contribution in [0.2, 0.25) is 5.02 Å². The fourth-order valence-corrected chi connectivity index (χ4v) is 1.71. The molecule has 94 valence electrons. The lowest BCUT2D eigenvalue weighted by Crippen LogP contribution is -1.99. The second kappa shape index (κ2) is 5.89. The third kappa shape index (κ3) is 3.03. The van der Waals surface area contributed by atoms with E-state index in [1.54, 1.807) is 0 Å². The summed E-state index contributed by atoms with van der Waals surface area (Å²) in [5, 5.41) is 3.52. The predicted octanol–water partition coefficient (Wildman–Crippen LogP) is 3.62. The van der Waals surface area contributed by atoms with Crippen molar-refractivity contribution in [3.05, 3.63) is 41.0 Å². The standard InChI is InChI=1S/C12H11Cl2N3O/c1-18-12-15-7-10(14)11(17-12)16-9-4-2-3-8(5-9)6-13/h2-5,7H,6H2,1H3,(H,15,16,17). The maximum atomic E-state index is 6.01. The molecule has 0 unspecified atom stereocenters. The largest absolute Gasteiger partial charge is 0.467 e. The number of hydrogen-bond acceptors (Lipinski definition) is 4. The average molecular weight is 284 g/mol. The van der Waals surface area contributed by atoms with E-state index in [0.29, 0.717) is 16.7 Å². The minimum absolute atomic E-state index is 0.260. The molecule has 0 atom stereocenters. The summed E-state index contributed by atoms with van der Waals surface area (Å²) in [5.74, 6) is 0.950. The molecule has 1 aromatic heterocycles. The van der Waals surface area contributed by atoms with Crippen molar-refractivity contribution in [3.8, 4) is 6.01 Å². The predicted molar refractivity (Wildman–Crippen MR) is 72.9 cm³/mol. The van der Waals surface area contributed by atoms with Crippen LogP contribution in [0, 0.1) is 0 Å². The van der Waals surface area contributed by atoms with Crippen molar-refractivity contribution in [2.45, 2.75) is 5.88 Å². The van der Waals surface area contributed by atoms with E-state index < -0.39 is 0 Å². The molecule has 1 N–H and O–H groups in total. The molecule has 0 aliphatic rings. The third-order valence-corrected chi connectivity index (χ3v) is 2.83. The molecular weight excluding hydrogens is 273 g/mol. The molecule has 1 heterocycles. The van der Waals surface area contributed by atoms with Gasteiger partial charge >= 0.3 is 6.01 Å². The minimum atomic E-state index is 0.260. The highest BCUT2D eigenvalue weighted by Crippen LogP contribution is 2.24. The minimum Gasteiger partial charge on any atom is -0.467 e. The summed E-state index contributed by atoms with van der Waals surface area (Å²) in [6.45, 7) is 0. The Morgan fingerprint density at radius 1 is 1.39 bits per heavy atom. The van der Waals surface area contributed by atoms with Crippen LogP contribution in [0.3, 0.4) is 0 Å². The number of ether oxygens (including phenoxy) is 1. The maximum absolute atomic E-state index is 6.01. The molecule has 0 aliphatic carbocycles. The number of hydrogen-bond donors (Lipinski definition) is 1. The lowest BCUT2D eigenvalue weighted by molar-refractivity contribution is 0.380. The molecule has 0 bridgehead atoms. The first-order valence-corrected chi connectivity index (χ1v) is 6.12. The monoisotopic (exact) mass is 283 g/mol. The lowest BCUT2D eigenvalue weighted by atomic mass is 10.2. The van der Waals surface area contributed by atoms with Crippen LogP contribution in [0.1, 0.15) is 5.56 Å². The first-order valence-electron chi connectivity index (χ1n) is 5.21. The van der Waals surface area contributed by atoms with Gasteiger partial charge in [0, 0.05) is 11.6 Å². The van der Waals surface area contributed by atoms with Crippen LogP contribution in [-0.4, -0.2) is 17.1 Å². The van der Waals surface area contributed by atoms with E-state index in [0.717, 1.165) is 11.3 Å². The molecular formula is C12H11Cl2N3O. The quantitative estimate of drug-likeness (QED) is 0.871. The van der Waals surface area contributed by atoms with E-state index in [1.807, 2.05) is 24.3 Å². The molecule has 2 aromatic rings. The Bertz CT molecular complexity index is 549. The highest BCUT2D eigenvalue weighted by Gasteiger charge is 2.06. The molecule has 0 saturated heterocycles. The molecule has 1 aromatic carbocycles. The average Bonchev–Trinajstić information content (AvgIpc) is 2.41. The van der Waals surface area contributed by atoms with E-state index in [9.17, 15) is 0 Å². The van der Waals surface area contributed by atoms with Gasteiger partial charge in [-0.2, -0.15) is 4.98 Å². The van der Waals surface area contributed by atoms with Gasteiger partial charge in [0.15, 0.2) is 5.82 Å². The van der Waals surface area contributed by atoms with Crippen molar-refractivity contribution in [1.29, 1.82) is 0 Å². The molecule has 6 heteroatoms. The molecule has 0 amide bonds. The fraction of sp³-hybridized carbons (Fsp3) is 0.167. The van der Waals surface area contributed by atoms with Gasteiger partial charge in [-0.05, 0) is 17.7 Å². The van der Waals surface area contributed by atoms with Gasteiger partial charge in [-0.25, -0.2) is 4.98 Å². The summed E-state index contributed by atoms with van der Waals surface area (Å²) in [6.07, 6.45) is 1.49. The molecule has 18 heavy (non-hydrogen) atoms. The normalized spacial score (nSPS) is 10.2. The molecule has 0 spiro atoms. The Balaban J connectivity index is 2.27. The molecule has 0 fully saturated rings. The summed E-state index contributed by atoms with van der Waals surface area (Å²) in [7, 11) is 1.50. The van der Waals surface area contributed by atoms with Gasteiger partial charge in [-0.1, -0.05) is 23.7 Å². The van der Waals surface area contributed by atoms with Crippen LogP contribution in [0.4, 0.5) is 11.5 Å². The van der Waals surface area contributed by atoms with Crippen molar-refractivity contribution in [2.24, 2.45) is 0 Å². The Morgan fingerprint density at radius 3 is 2.94 bits per heavy atom. The van der Waals surface area contributed by atoms with Gasteiger partial charge < -0.3 is 10.1 Å². The number of anilines is 2. The summed E-state index contributed by atoms with van der Waals surface area (Å²) in [6, 6.07) is 7.95. The second-order valence-electron chi connectivity index (χ2n) is 3.51. The highest BCUT2D eigenvalue weighted by atomic mass is 35.5. The number of aromatic nitrogens is 2. The Morgan fingerprint density at radius 2 is 2.22 bits per heavy atom. The number of nitrogens with one attached hydrogen (secondary N) is 1. The topological polar surface area (TPSA) is 47.0 Å². The van der Waals surface area contributed by atoms with Crippen LogP contribution in [0.25, 0.3) is 0 Å². The second-order valence-corrected chi connectivity index (χ2v) is 4.19. The van der Waals surface area contributed by atoms with Crippen molar-refractivity contribution >= 4 is 34.7 Å². The van der Waals surface area contributed by atoms with Gasteiger partial charge in [-0.15, -0.1) is 11.6 Å². The van der Waals surface area contributed by atoms with Crippen molar-refractivity contribution < 1.29 is 4.74 Å². The van der Waals surface area contributed by atoms with Crippen LogP contribution in [-0.2, 0) is 5.88 Å². The molecule has 4 nitrogen and oxygen atoms in total. The van der Waals surface area contributed by atoms with Gasteiger partial charge in [-0.3, -0.25) is 0 Å². The molecule has 2 rings (SSSR count). The van der Waals surface area contributed by atoms with E-state index in [2.05, 4.69) is 15.3 Å². The third-order valence-electron chi connectivity index (χ3n) is 2.25. The van der Waals surface area contributed by atoms with E-state index in [1.165, 1.54) is 13.3 Å². The van der Waals surface area contributed by atoms with E-state index in [4.69, 9.17) is 27.9 Å². The van der Waals surface area contributed by atoms with Crippen LogP contribution in [0.15, 0.2) is 30.5 Å². The van der Waals surface area contributed by atoms with Crippen molar-refractivity contribution in [1.82, 2.24) is 9.97 Å². The summed E-state index contributed by atoms with van der Waals surface area (Å²) in [4.78, 5) is 8.04. The Hall–Kier alpha value is -1.52. The van der Waals surface area contributed by atoms with Crippen LogP contribution in [0.5, 0.6) is 6.01 Å². The van der Waals surface area contributed by atoms with Gasteiger partial charge in [0.2, 0.25) is 0 Å². The number of benzene rings is 1.